The molecular weight excluding hydrogens is 238 g/mol. The molecule has 0 aromatic heterocycles. The van der Waals surface area contributed by atoms with Crippen molar-refractivity contribution < 1.29 is 4.79 Å². The van der Waals surface area contributed by atoms with E-state index in [-0.39, 0.29) is 11.9 Å². The first kappa shape index (κ1) is 18.4. The summed E-state index contributed by atoms with van der Waals surface area (Å²) in [5.74, 6) is 1.24. The van der Waals surface area contributed by atoms with Crippen LogP contribution >= 0.6 is 0 Å². The van der Waals surface area contributed by atoms with E-state index in [0.29, 0.717) is 17.9 Å². The van der Waals surface area contributed by atoms with E-state index in [4.69, 9.17) is 0 Å². The van der Waals surface area contributed by atoms with E-state index < -0.39 is 0 Å². The van der Waals surface area contributed by atoms with Gasteiger partial charge in [-0.05, 0) is 39.3 Å². The molecule has 0 aliphatic heterocycles. The summed E-state index contributed by atoms with van der Waals surface area (Å²) in [6, 6.07) is 0.195. The Morgan fingerprint density at radius 1 is 1.11 bits per heavy atom. The molecule has 114 valence electrons. The number of rotatable bonds is 9. The topological polar surface area (TPSA) is 44.4 Å². The lowest BCUT2D eigenvalue weighted by Crippen LogP contribution is -2.51. The van der Waals surface area contributed by atoms with E-state index in [0.717, 1.165) is 19.5 Å². The normalized spacial score (nSPS) is 15.1. The maximum atomic E-state index is 12.0. The largest absolute Gasteiger partial charge is 0.355 e. The van der Waals surface area contributed by atoms with Crippen LogP contribution in [0.1, 0.15) is 41.0 Å². The number of carbonyl (C=O) groups excluding carboxylic acids is 1. The van der Waals surface area contributed by atoms with Gasteiger partial charge in [-0.25, -0.2) is 0 Å². The number of likely N-dealkylation sites (N-methyl/N-ethyl adjacent to an activating group) is 1. The van der Waals surface area contributed by atoms with Gasteiger partial charge in [0, 0.05) is 19.1 Å². The molecule has 4 nitrogen and oxygen atoms in total. The van der Waals surface area contributed by atoms with Crippen molar-refractivity contribution >= 4 is 5.91 Å². The van der Waals surface area contributed by atoms with Crippen LogP contribution < -0.4 is 10.6 Å². The number of hydrogen-bond donors (Lipinski definition) is 2. The molecule has 1 amide bonds. The van der Waals surface area contributed by atoms with Gasteiger partial charge in [0.15, 0.2) is 0 Å². The summed E-state index contributed by atoms with van der Waals surface area (Å²) in [5, 5.41) is 6.43. The lowest BCUT2D eigenvalue weighted by atomic mass is 10.0. The Bertz CT molecular complexity index is 252. The highest BCUT2D eigenvalue weighted by Crippen LogP contribution is 2.04. The van der Waals surface area contributed by atoms with Crippen LogP contribution in [0.2, 0.25) is 0 Å². The predicted molar refractivity (Wildman–Crippen MR) is 82.2 cm³/mol. The smallest absolute Gasteiger partial charge is 0.236 e. The SMILES string of the molecule is CC(C)CCNC(=O)C(C)NC(CN(C)C)C(C)C. The first-order chi connectivity index (χ1) is 8.73. The molecule has 2 atom stereocenters. The van der Waals surface area contributed by atoms with Gasteiger partial charge in [0.1, 0.15) is 0 Å². The third-order valence-corrected chi connectivity index (χ3v) is 3.24. The van der Waals surface area contributed by atoms with Crippen molar-refractivity contribution in [2.45, 2.75) is 53.1 Å². The molecule has 0 aromatic rings. The van der Waals surface area contributed by atoms with Crippen LogP contribution in [0, 0.1) is 11.8 Å². The van der Waals surface area contributed by atoms with Crippen LogP contribution in [-0.2, 0) is 4.79 Å². The second-order valence-electron chi connectivity index (χ2n) is 6.47. The minimum atomic E-state index is -0.139. The molecule has 0 fully saturated rings. The van der Waals surface area contributed by atoms with Crippen molar-refractivity contribution in [2.24, 2.45) is 11.8 Å². The number of amides is 1. The second-order valence-corrected chi connectivity index (χ2v) is 6.47. The number of hydrogen-bond acceptors (Lipinski definition) is 3. The minimum absolute atomic E-state index is 0.102. The maximum Gasteiger partial charge on any atom is 0.236 e. The lowest BCUT2D eigenvalue weighted by Gasteiger charge is -2.28. The highest BCUT2D eigenvalue weighted by atomic mass is 16.2. The van der Waals surface area contributed by atoms with Gasteiger partial charge in [-0.3, -0.25) is 4.79 Å². The summed E-state index contributed by atoms with van der Waals surface area (Å²) < 4.78 is 0. The summed E-state index contributed by atoms with van der Waals surface area (Å²) in [6.07, 6.45) is 1.03. The molecule has 0 aliphatic rings. The number of nitrogens with one attached hydrogen (secondary N) is 2. The number of carbonyl (C=O) groups is 1. The van der Waals surface area contributed by atoms with Crippen molar-refractivity contribution in [2.75, 3.05) is 27.2 Å². The molecule has 4 heteroatoms. The van der Waals surface area contributed by atoms with Gasteiger partial charge in [0.2, 0.25) is 5.91 Å². The van der Waals surface area contributed by atoms with Gasteiger partial charge in [-0.1, -0.05) is 27.7 Å². The Morgan fingerprint density at radius 2 is 1.68 bits per heavy atom. The average Bonchev–Trinajstić information content (AvgIpc) is 2.26. The highest BCUT2D eigenvalue weighted by molar-refractivity contribution is 5.81. The fourth-order valence-electron chi connectivity index (χ4n) is 1.88. The molecule has 0 saturated carbocycles. The van der Waals surface area contributed by atoms with Crippen LogP contribution in [0.25, 0.3) is 0 Å². The van der Waals surface area contributed by atoms with Crippen LogP contribution in [0.3, 0.4) is 0 Å². The molecule has 0 aliphatic carbocycles. The molecule has 19 heavy (non-hydrogen) atoms. The van der Waals surface area contributed by atoms with Crippen molar-refractivity contribution in [3.8, 4) is 0 Å². The van der Waals surface area contributed by atoms with Gasteiger partial charge in [-0.2, -0.15) is 0 Å². The van der Waals surface area contributed by atoms with E-state index in [1.165, 1.54) is 0 Å². The Kier molecular flexibility index (Phi) is 9.02. The monoisotopic (exact) mass is 271 g/mol. The first-order valence-corrected chi connectivity index (χ1v) is 7.42. The fourth-order valence-corrected chi connectivity index (χ4v) is 1.88. The van der Waals surface area contributed by atoms with Gasteiger partial charge in [0.05, 0.1) is 6.04 Å². The van der Waals surface area contributed by atoms with Gasteiger partial charge >= 0.3 is 0 Å². The van der Waals surface area contributed by atoms with E-state index in [2.05, 4.69) is 57.3 Å². The molecular formula is C15H33N3O. The summed E-state index contributed by atoms with van der Waals surface area (Å²) in [6.45, 7) is 12.4. The van der Waals surface area contributed by atoms with E-state index in [1.54, 1.807) is 0 Å². The second kappa shape index (κ2) is 9.32. The molecule has 2 N–H and O–H groups in total. The van der Waals surface area contributed by atoms with Crippen LogP contribution in [0.4, 0.5) is 0 Å². The average molecular weight is 271 g/mol. The quantitative estimate of drug-likeness (QED) is 0.671. The van der Waals surface area contributed by atoms with Crippen LogP contribution in [-0.4, -0.2) is 50.1 Å². The Hall–Kier alpha value is -0.610. The summed E-state index contributed by atoms with van der Waals surface area (Å²) in [4.78, 5) is 14.1. The zero-order chi connectivity index (χ0) is 15.0. The van der Waals surface area contributed by atoms with Crippen molar-refractivity contribution in [1.82, 2.24) is 15.5 Å². The third kappa shape index (κ3) is 9.00. The first-order valence-electron chi connectivity index (χ1n) is 7.42. The van der Waals surface area contributed by atoms with Gasteiger partial charge in [0.25, 0.3) is 0 Å². The summed E-state index contributed by atoms with van der Waals surface area (Å²) in [5.41, 5.74) is 0. The molecule has 0 heterocycles. The Balaban J connectivity index is 4.16. The third-order valence-electron chi connectivity index (χ3n) is 3.24. The van der Waals surface area contributed by atoms with Crippen LogP contribution in [0.5, 0.6) is 0 Å². The highest BCUT2D eigenvalue weighted by Gasteiger charge is 2.20. The molecule has 0 radical (unpaired) electrons. The molecule has 0 spiro atoms. The summed E-state index contributed by atoms with van der Waals surface area (Å²) >= 11 is 0. The van der Waals surface area contributed by atoms with Gasteiger partial charge < -0.3 is 15.5 Å². The van der Waals surface area contributed by atoms with Crippen molar-refractivity contribution in [3.63, 3.8) is 0 Å². The fraction of sp³-hybridized carbons (Fsp3) is 0.933. The lowest BCUT2D eigenvalue weighted by molar-refractivity contribution is -0.123. The molecule has 0 rings (SSSR count). The Morgan fingerprint density at radius 3 is 2.11 bits per heavy atom. The maximum absolute atomic E-state index is 12.0. The molecule has 0 aromatic carbocycles. The molecule has 2 unspecified atom stereocenters. The standard InChI is InChI=1S/C15H33N3O/c1-11(2)8-9-16-15(19)13(5)17-14(12(3)4)10-18(6)7/h11-14,17H,8-10H2,1-7H3,(H,16,19). The minimum Gasteiger partial charge on any atom is -0.355 e. The zero-order valence-electron chi connectivity index (χ0n) is 13.8. The predicted octanol–water partition coefficient (Wildman–Crippen LogP) is 1.71. The molecule has 0 saturated heterocycles. The molecule has 0 bridgehead atoms. The van der Waals surface area contributed by atoms with Crippen LogP contribution in [0.15, 0.2) is 0 Å². The summed E-state index contributed by atoms with van der Waals surface area (Å²) in [7, 11) is 4.12. The zero-order valence-corrected chi connectivity index (χ0v) is 13.8. The number of nitrogens with zero attached hydrogens (tertiary/aromatic N) is 1. The van der Waals surface area contributed by atoms with Crippen molar-refractivity contribution in [1.29, 1.82) is 0 Å². The van der Waals surface area contributed by atoms with Gasteiger partial charge in [-0.15, -0.1) is 0 Å². The van der Waals surface area contributed by atoms with E-state index in [1.807, 2.05) is 6.92 Å². The Labute approximate surface area is 119 Å². The van der Waals surface area contributed by atoms with Crippen molar-refractivity contribution in [3.05, 3.63) is 0 Å². The van der Waals surface area contributed by atoms with E-state index in [9.17, 15) is 4.79 Å². The van der Waals surface area contributed by atoms with E-state index >= 15 is 0 Å².